The first-order valence-electron chi connectivity index (χ1n) is 57.4. The van der Waals surface area contributed by atoms with Gasteiger partial charge in [0.25, 0.3) is 0 Å². The van der Waals surface area contributed by atoms with Crippen LogP contribution in [0.4, 0.5) is 0 Å². The van der Waals surface area contributed by atoms with E-state index in [2.05, 4.69) is 289 Å². The molecule has 4 aliphatic carbocycles. The minimum absolute atomic E-state index is 0.272. The lowest BCUT2D eigenvalue weighted by molar-refractivity contribution is -0.661. The monoisotopic (exact) mass is 1940 g/mol. The molecule has 0 atom stereocenters. The number of aryl methyl sites for hydroxylation is 19. The second-order valence-electron chi connectivity index (χ2n) is 42.3. The quantitative estimate of drug-likeness (QED) is 0.0856. The van der Waals surface area contributed by atoms with E-state index in [0.29, 0.717) is 66.0 Å². The molecule has 4 aliphatic rings. The molecular weight excluding hydrogens is 1780 g/mol. The van der Waals surface area contributed by atoms with E-state index in [1.807, 2.05) is 55.3 Å². The van der Waals surface area contributed by atoms with E-state index in [4.69, 9.17) is 53.0 Å². The predicted molar refractivity (Wildman–Crippen MR) is 593 cm³/mol. The molecule has 0 bridgehead atoms. The maximum atomic E-state index is 9.15. The number of fused-ring (bicyclic) bond motifs is 15. The van der Waals surface area contributed by atoms with Crippen molar-refractivity contribution in [2.75, 3.05) is 0 Å². The van der Waals surface area contributed by atoms with Gasteiger partial charge in [0, 0.05) is 151 Å². The number of benzene rings is 5. The Labute approximate surface area is 866 Å². The zero-order chi connectivity index (χ0) is 108. The van der Waals surface area contributed by atoms with E-state index < -0.39 is 25.5 Å². The lowest BCUT2D eigenvalue weighted by Crippen LogP contribution is -2.32. The van der Waals surface area contributed by atoms with E-state index in [1.165, 1.54) is 135 Å². The summed E-state index contributed by atoms with van der Waals surface area (Å²) < 4.78 is 109. The molecule has 4 fully saturated rings. The Kier molecular flexibility index (Phi) is 25.4. The number of furan rings is 5. The standard InChI is InChI=1S/2C27H31N2O.2C26H29N2O.C24H27N2O/c1-16(2)23-13-12-21-20-11-10-17(3)25(26(20)30-27(21)28-23)24-14-22(18(4)15-29(24)5)19-8-6-7-9-19;1-16(2)23-13-12-21-20-11-10-17(3)25(26(20)30-27(21)28-23)24-14-18(4)22(15-29(24)5)19-8-6-7-9-19;1-5-19-11-13-21-20-12-10-16(2)24(25(20)29-26(21)27-19)23-14-22(17(3)15-28(23)4)18-8-6-7-9-18;1-5-19-11-13-21-20-12-10-16(2)24(25(20)29-26(21)27-19)23-14-17(3)22(15-28(23)4)18-8-6-7-9-18;1-6-16-13-21(26(5)14-17(16)7-2)22-15(4)9-11-19-20-12-10-18(8-3)25-24(20)27-23(19)22/h2*10-16,19H,6-9H2,1-5H3;2*10-15,18H,5-9H2,1-4H3;9-14H,6-8H2,1-5H3/q5*+1/i4D3,19D;;3D3,18D;;. The molecule has 0 unspecified atom stereocenters. The summed E-state index contributed by atoms with van der Waals surface area (Å²) in [7, 11) is 10.2. The van der Waals surface area contributed by atoms with Gasteiger partial charge in [-0.05, 0) is 297 Å². The Morgan fingerprint density at radius 2 is 0.538 bits per heavy atom. The molecular formula is C130H147N10O5+5. The molecule has 0 N–H and O–H groups in total. The Bertz CT molecular complexity index is 8790. The molecule has 0 aliphatic heterocycles. The Morgan fingerprint density at radius 1 is 0.276 bits per heavy atom. The van der Waals surface area contributed by atoms with Gasteiger partial charge in [0.2, 0.25) is 57.0 Å². The van der Waals surface area contributed by atoms with Crippen LogP contribution in [0, 0.1) is 62.2 Å². The van der Waals surface area contributed by atoms with Crippen molar-refractivity contribution in [3.05, 3.63) is 295 Å². The zero-order valence-electron chi connectivity index (χ0n) is 97.0. The molecule has 742 valence electrons. The van der Waals surface area contributed by atoms with Gasteiger partial charge in [-0.2, -0.15) is 0 Å². The van der Waals surface area contributed by atoms with Gasteiger partial charge in [-0.3, -0.25) is 0 Å². The minimum atomic E-state index is -2.28. The van der Waals surface area contributed by atoms with Crippen LogP contribution in [0.1, 0.15) is 323 Å². The van der Waals surface area contributed by atoms with E-state index in [0.717, 1.165) is 225 Å². The van der Waals surface area contributed by atoms with Crippen LogP contribution in [0.15, 0.2) is 205 Å². The first kappa shape index (κ1) is 89.2. The van der Waals surface area contributed by atoms with Crippen molar-refractivity contribution in [2.45, 2.75) is 295 Å². The number of nitrogens with zero attached hydrogens (tertiary/aromatic N) is 10. The molecule has 0 amide bonds. The summed E-state index contributed by atoms with van der Waals surface area (Å²) >= 11 is 0. The largest absolute Gasteiger partial charge is 0.437 e. The highest BCUT2D eigenvalue weighted by atomic mass is 16.4. The van der Waals surface area contributed by atoms with Crippen molar-refractivity contribution in [1.82, 2.24) is 24.9 Å². The molecule has 15 heterocycles. The molecule has 24 rings (SSSR count). The van der Waals surface area contributed by atoms with E-state index >= 15 is 0 Å². The maximum Gasteiger partial charge on any atom is 0.227 e. The fraction of sp³-hybridized carbons (Fsp3) is 0.385. The minimum Gasteiger partial charge on any atom is -0.437 e. The Morgan fingerprint density at radius 3 is 0.828 bits per heavy atom. The molecule has 145 heavy (non-hydrogen) atoms. The molecule has 15 nitrogen and oxygen atoms in total. The third-order valence-corrected chi connectivity index (χ3v) is 31.9. The summed E-state index contributed by atoms with van der Waals surface area (Å²) in [4.78, 5) is 23.7. The van der Waals surface area contributed by atoms with Crippen LogP contribution in [-0.2, 0) is 67.3 Å². The Balaban J connectivity index is 0.000000115. The van der Waals surface area contributed by atoms with Crippen molar-refractivity contribution >= 4 is 110 Å². The van der Waals surface area contributed by atoms with Gasteiger partial charge in [0.05, 0.1) is 27.8 Å². The average Bonchev–Trinajstić information content (AvgIpc) is 1.63. The summed E-state index contributed by atoms with van der Waals surface area (Å²) in [6.45, 7) is 29.9. The Hall–Kier alpha value is -13.4. The van der Waals surface area contributed by atoms with Gasteiger partial charge < -0.3 is 22.1 Å². The van der Waals surface area contributed by atoms with Crippen LogP contribution in [-0.4, -0.2) is 24.9 Å². The van der Waals surface area contributed by atoms with Gasteiger partial charge >= 0.3 is 0 Å². The summed E-state index contributed by atoms with van der Waals surface area (Å²) in [6.07, 6.45) is 32.4. The summed E-state index contributed by atoms with van der Waals surface area (Å²) in [6, 6.07) is 53.3. The van der Waals surface area contributed by atoms with Crippen molar-refractivity contribution in [2.24, 2.45) is 35.2 Å². The third kappa shape index (κ3) is 18.8. The predicted octanol–water partition coefficient (Wildman–Crippen LogP) is 31.8. The van der Waals surface area contributed by atoms with E-state index in [-0.39, 0.29) is 11.1 Å². The highest BCUT2D eigenvalue weighted by Gasteiger charge is 2.35. The lowest BCUT2D eigenvalue weighted by Gasteiger charge is -2.14. The van der Waals surface area contributed by atoms with E-state index in [1.54, 1.807) is 12.4 Å². The van der Waals surface area contributed by atoms with Gasteiger partial charge in [-0.15, -0.1) is 0 Å². The SMILES string of the molecule is CCc1ccc2c(n1)oc1c(-c3cc(C)c(C4CCCC4)c[n+]3C)c(C)ccc12.CCc1ccc2c(n1)oc1c(-c3cc(CC)c(CC)c[n+]3C)c(C)ccc12.Cc1cc(-c2c(C)ccc3c2oc2nc(C(C)C)ccc23)[n+](C)cc1C1CCCC1.[2H]C([2H])([2H])c1c[n+](C)c(-c2c(C)ccc3c2oc2nc(C(C)C)ccc23)cc1C1([2H])CCCC1.[2H]C([2H])([2H])c1c[n+](C)c(-c2c(C)ccc3c2oc2nc(CC)ccc23)cc1C1([2H])CCCC1. The van der Waals surface area contributed by atoms with Crippen LogP contribution in [0.3, 0.4) is 0 Å². The van der Waals surface area contributed by atoms with Gasteiger partial charge in [-0.25, -0.2) is 47.8 Å². The molecule has 0 radical (unpaired) electrons. The highest BCUT2D eigenvalue weighted by Crippen LogP contribution is 2.48. The zero-order valence-corrected chi connectivity index (χ0v) is 89.0. The van der Waals surface area contributed by atoms with Crippen molar-refractivity contribution in [3.8, 4) is 56.3 Å². The molecule has 5 aromatic carbocycles. The normalized spacial score (nSPS) is 15.9. The molecule has 4 saturated carbocycles. The van der Waals surface area contributed by atoms with Crippen molar-refractivity contribution in [3.63, 3.8) is 0 Å². The third-order valence-electron chi connectivity index (χ3n) is 31.9. The molecule has 15 heteroatoms. The summed E-state index contributed by atoms with van der Waals surface area (Å²) in [5, 5.41) is 10.6. The van der Waals surface area contributed by atoms with Crippen LogP contribution in [0.2, 0.25) is 0 Å². The van der Waals surface area contributed by atoms with Crippen molar-refractivity contribution in [1.29, 1.82) is 0 Å². The molecule has 0 saturated heterocycles. The first-order chi connectivity index (χ1) is 73.2. The van der Waals surface area contributed by atoms with Gasteiger partial charge in [-0.1, -0.05) is 174 Å². The molecule has 20 aromatic rings. The van der Waals surface area contributed by atoms with Crippen LogP contribution >= 0.6 is 0 Å². The average molecular weight is 1940 g/mol. The number of pyridine rings is 10. The second-order valence-corrected chi connectivity index (χ2v) is 42.3. The fourth-order valence-corrected chi connectivity index (χ4v) is 23.6. The second kappa shape index (κ2) is 41.3. The highest BCUT2D eigenvalue weighted by molar-refractivity contribution is 6.13. The number of rotatable bonds is 16. The topological polar surface area (TPSA) is 150 Å². The molecule has 15 aromatic heterocycles. The van der Waals surface area contributed by atoms with Crippen LogP contribution in [0.5, 0.6) is 0 Å². The fourth-order valence-electron chi connectivity index (χ4n) is 23.6. The van der Waals surface area contributed by atoms with Crippen LogP contribution in [0.25, 0.3) is 167 Å². The molecule has 0 spiro atoms. The lowest BCUT2D eigenvalue weighted by atomic mass is 9.91. The maximum absolute atomic E-state index is 9.15. The van der Waals surface area contributed by atoms with Gasteiger partial charge in [0.15, 0.2) is 58.9 Å². The van der Waals surface area contributed by atoms with Crippen LogP contribution < -0.4 is 22.8 Å². The smallest absolute Gasteiger partial charge is 0.227 e. The summed E-state index contributed by atoms with van der Waals surface area (Å²) in [5.74, 6) is 0.358. The number of hydrogen-bond donors (Lipinski definition) is 0. The summed E-state index contributed by atoms with van der Waals surface area (Å²) in [5.41, 5.74) is 39.8. The number of hydrogen-bond acceptors (Lipinski definition) is 10. The number of aromatic nitrogens is 10. The van der Waals surface area contributed by atoms with Crippen molar-refractivity contribution < 1.29 is 55.9 Å². The first-order valence-corrected chi connectivity index (χ1v) is 53.4. The van der Waals surface area contributed by atoms with E-state index in [9.17, 15) is 0 Å². The van der Waals surface area contributed by atoms with Gasteiger partial charge in [0.1, 0.15) is 35.2 Å².